The molecule has 0 bridgehead atoms. The molecule has 2 rings (SSSR count). The number of aromatic nitrogens is 4. The lowest BCUT2D eigenvalue weighted by Crippen LogP contribution is -2.44. The third-order valence-electron chi connectivity index (χ3n) is 2.77. The maximum Gasteiger partial charge on any atom is 0.222 e. The van der Waals surface area contributed by atoms with Crippen LogP contribution in [0.15, 0.2) is 0 Å². The van der Waals surface area contributed by atoms with Crippen LogP contribution in [-0.4, -0.2) is 57.2 Å². The van der Waals surface area contributed by atoms with Crippen molar-refractivity contribution in [1.82, 2.24) is 25.5 Å². The molecule has 1 aromatic rings. The van der Waals surface area contributed by atoms with E-state index in [1.165, 1.54) is 0 Å². The van der Waals surface area contributed by atoms with Crippen LogP contribution in [0.2, 0.25) is 0 Å². The number of aryl methyl sites for hydroxylation is 1. The molecular formula is C10H17N5O2. The number of rotatable bonds is 4. The van der Waals surface area contributed by atoms with Crippen molar-refractivity contribution in [3.8, 4) is 0 Å². The topological polar surface area (TPSA) is 84.0 Å². The van der Waals surface area contributed by atoms with Gasteiger partial charge in [-0.1, -0.05) is 5.21 Å². The van der Waals surface area contributed by atoms with Crippen LogP contribution in [-0.2, 0) is 16.0 Å². The number of ether oxygens (including phenoxy) is 1. The first-order valence-electron chi connectivity index (χ1n) is 5.87. The van der Waals surface area contributed by atoms with Gasteiger partial charge in [0.25, 0.3) is 0 Å². The van der Waals surface area contributed by atoms with Crippen LogP contribution < -0.4 is 0 Å². The number of hydrogen-bond donors (Lipinski definition) is 1. The van der Waals surface area contributed by atoms with Gasteiger partial charge < -0.3 is 9.64 Å². The number of aromatic amines is 1. The molecule has 1 amide bonds. The third-order valence-corrected chi connectivity index (χ3v) is 2.77. The summed E-state index contributed by atoms with van der Waals surface area (Å²) in [7, 11) is 0. The molecule has 1 aliphatic rings. The van der Waals surface area contributed by atoms with Gasteiger partial charge in [0, 0.05) is 25.9 Å². The Morgan fingerprint density at radius 2 is 2.53 bits per heavy atom. The summed E-state index contributed by atoms with van der Waals surface area (Å²) in [6.45, 7) is 4.02. The fourth-order valence-electron chi connectivity index (χ4n) is 1.89. The summed E-state index contributed by atoms with van der Waals surface area (Å²) in [6, 6.07) is 0. The minimum atomic E-state index is 0.143. The average molecular weight is 239 g/mol. The highest BCUT2D eigenvalue weighted by atomic mass is 16.5. The number of carbonyl (C=O) groups is 1. The number of amides is 1. The van der Waals surface area contributed by atoms with E-state index in [4.69, 9.17) is 4.74 Å². The number of H-pyrrole nitrogens is 1. The van der Waals surface area contributed by atoms with Crippen molar-refractivity contribution >= 4 is 5.91 Å². The number of morpholine rings is 1. The molecule has 1 unspecified atom stereocenters. The Hall–Kier alpha value is -1.50. The number of nitrogens with zero attached hydrogens (tertiary/aromatic N) is 4. The molecule has 17 heavy (non-hydrogen) atoms. The smallest absolute Gasteiger partial charge is 0.222 e. The van der Waals surface area contributed by atoms with Crippen LogP contribution in [0.25, 0.3) is 0 Å². The van der Waals surface area contributed by atoms with Crippen molar-refractivity contribution < 1.29 is 9.53 Å². The summed E-state index contributed by atoms with van der Waals surface area (Å²) in [5.41, 5.74) is 0. The lowest BCUT2D eigenvalue weighted by Gasteiger charge is -2.31. The molecule has 94 valence electrons. The maximum absolute atomic E-state index is 11.9. The summed E-state index contributed by atoms with van der Waals surface area (Å²) >= 11 is 0. The standard InChI is InChI=1S/C10H17N5O2/c1-8-7-15(5-6-17-8)10(16)4-2-3-9-11-13-14-12-9/h8H,2-7H2,1H3,(H,11,12,13,14). The molecule has 1 aromatic heterocycles. The number of tetrazole rings is 1. The van der Waals surface area contributed by atoms with E-state index in [9.17, 15) is 4.79 Å². The molecule has 0 saturated carbocycles. The second-order valence-electron chi connectivity index (χ2n) is 4.20. The van der Waals surface area contributed by atoms with Crippen molar-refractivity contribution in [1.29, 1.82) is 0 Å². The molecule has 0 radical (unpaired) electrons. The molecule has 1 N–H and O–H groups in total. The summed E-state index contributed by atoms with van der Waals surface area (Å²) in [6.07, 6.45) is 2.11. The van der Waals surface area contributed by atoms with Crippen LogP contribution in [0.4, 0.5) is 0 Å². The van der Waals surface area contributed by atoms with Gasteiger partial charge in [0.15, 0.2) is 5.82 Å². The number of nitrogens with one attached hydrogen (secondary N) is 1. The van der Waals surface area contributed by atoms with Gasteiger partial charge in [-0.3, -0.25) is 4.79 Å². The van der Waals surface area contributed by atoms with Gasteiger partial charge in [-0.05, 0) is 13.3 Å². The first kappa shape index (κ1) is 12.0. The SMILES string of the molecule is CC1CN(C(=O)CCCc2nn[nH]n2)CCO1. The summed E-state index contributed by atoms with van der Waals surface area (Å²) in [4.78, 5) is 13.7. The van der Waals surface area contributed by atoms with Gasteiger partial charge in [-0.25, -0.2) is 0 Å². The van der Waals surface area contributed by atoms with E-state index in [0.717, 1.165) is 6.42 Å². The van der Waals surface area contributed by atoms with Gasteiger partial charge in [-0.15, -0.1) is 10.2 Å². The van der Waals surface area contributed by atoms with E-state index < -0.39 is 0 Å². The van der Waals surface area contributed by atoms with Crippen LogP contribution in [0.5, 0.6) is 0 Å². The summed E-state index contributed by atoms with van der Waals surface area (Å²) in [5.74, 6) is 0.844. The largest absolute Gasteiger partial charge is 0.375 e. The summed E-state index contributed by atoms with van der Waals surface area (Å²) < 4.78 is 5.40. The predicted molar refractivity (Wildman–Crippen MR) is 59.1 cm³/mol. The Bertz CT molecular complexity index is 354. The van der Waals surface area contributed by atoms with E-state index in [-0.39, 0.29) is 12.0 Å². The molecule has 1 saturated heterocycles. The van der Waals surface area contributed by atoms with Gasteiger partial charge in [0.1, 0.15) is 0 Å². The van der Waals surface area contributed by atoms with Crippen LogP contribution >= 0.6 is 0 Å². The van der Waals surface area contributed by atoms with Gasteiger partial charge in [0.05, 0.1) is 12.7 Å². The zero-order valence-corrected chi connectivity index (χ0v) is 9.93. The fourth-order valence-corrected chi connectivity index (χ4v) is 1.89. The second-order valence-corrected chi connectivity index (χ2v) is 4.20. The molecule has 7 nitrogen and oxygen atoms in total. The number of carbonyl (C=O) groups excluding carboxylic acids is 1. The Morgan fingerprint density at radius 3 is 3.24 bits per heavy atom. The van der Waals surface area contributed by atoms with Crippen molar-refractivity contribution in [2.24, 2.45) is 0 Å². The Morgan fingerprint density at radius 1 is 1.65 bits per heavy atom. The molecule has 1 aliphatic heterocycles. The van der Waals surface area contributed by atoms with E-state index in [1.807, 2.05) is 11.8 Å². The Balaban J connectivity index is 1.70. The van der Waals surface area contributed by atoms with Crippen molar-refractivity contribution in [3.05, 3.63) is 5.82 Å². The minimum absolute atomic E-state index is 0.143. The lowest BCUT2D eigenvalue weighted by molar-refractivity contribution is -0.138. The minimum Gasteiger partial charge on any atom is -0.375 e. The Labute approximate surface area is 99.5 Å². The highest BCUT2D eigenvalue weighted by Crippen LogP contribution is 2.08. The molecule has 0 aliphatic carbocycles. The molecule has 7 heteroatoms. The van der Waals surface area contributed by atoms with Crippen LogP contribution in [0, 0.1) is 0 Å². The van der Waals surface area contributed by atoms with E-state index >= 15 is 0 Å². The van der Waals surface area contributed by atoms with Crippen LogP contribution in [0.1, 0.15) is 25.6 Å². The second kappa shape index (κ2) is 5.72. The van der Waals surface area contributed by atoms with Crippen molar-refractivity contribution in [3.63, 3.8) is 0 Å². The molecule has 0 spiro atoms. The molecule has 2 heterocycles. The monoisotopic (exact) mass is 239 g/mol. The Kier molecular flexibility index (Phi) is 4.03. The van der Waals surface area contributed by atoms with E-state index in [1.54, 1.807) is 0 Å². The van der Waals surface area contributed by atoms with Crippen LogP contribution in [0.3, 0.4) is 0 Å². The molecule has 0 aromatic carbocycles. The molecule has 1 atom stereocenters. The molecular weight excluding hydrogens is 222 g/mol. The van der Waals surface area contributed by atoms with Gasteiger partial charge in [0.2, 0.25) is 5.91 Å². The van der Waals surface area contributed by atoms with Crippen molar-refractivity contribution in [2.45, 2.75) is 32.3 Å². The lowest BCUT2D eigenvalue weighted by atomic mass is 10.2. The van der Waals surface area contributed by atoms with Crippen molar-refractivity contribution in [2.75, 3.05) is 19.7 Å². The first-order valence-corrected chi connectivity index (χ1v) is 5.87. The number of hydrogen-bond acceptors (Lipinski definition) is 5. The highest BCUT2D eigenvalue weighted by molar-refractivity contribution is 5.76. The van der Waals surface area contributed by atoms with E-state index in [0.29, 0.717) is 38.4 Å². The quantitative estimate of drug-likeness (QED) is 0.784. The van der Waals surface area contributed by atoms with E-state index in [2.05, 4.69) is 20.6 Å². The average Bonchev–Trinajstić information content (AvgIpc) is 2.82. The highest BCUT2D eigenvalue weighted by Gasteiger charge is 2.20. The first-order chi connectivity index (χ1) is 8.25. The third kappa shape index (κ3) is 3.48. The zero-order chi connectivity index (χ0) is 12.1. The molecule has 1 fully saturated rings. The van der Waals surface area contributed by atoms with Gasteiger partial charge >= 0.3 is 0 Å². The summed E-state index contributed by atoms with van der Waals surface area (Å²) in [5, 5.41) is 13.6. The van der Waals surface area contributed by atoms with Gasteiger partial charge in [-0.2, -0.15) is 5.21 Å². The predicted octanol–water partition coefficient (Wildman–Crippen LogP) is -0.230. The maximum atomic E-state index is 11.9. The zero-order valence-electron chi connectivity index (χ0n) is 9.93. The normalized spacial score (nSPS) is 20.5. The fraction of sp³-hybridized carbons (Fsp3) is 0.800.